The monoisotopic (exact) mass is 413 g/mol. The fourth-order valence-electron chi connectivity index (χ4n) is 2.64. The first kappa shape index (κ1) is 23.0. The van der Waals surface area contributed by atoms with Crippen LogP contribution in [-0.4, -0.2) is 37.6 Å². The van der Waals surface area contributed by atoms with Crippen LogP contribution in [0.15, 0.2) is 42.5 Å². The van der Waals surface area contributed by atoms with E-state index in [2.05, 4.69) is 17.0 Å². The molecule has 0 heterocycles. The van der Waals surface area contributed by atoms with Gasteiger partial charge in [0.2, 0.25) is 0 Å². The van der Waals surface area contributed by atoms with E-state index in [1.807, 2.05) is 24.3 Å². The fraction of sp³-hybridized carbons (Fsp3) is 0.316. The van der Waals surface area contributed by atoms with Crippen molar-refractivity contribution in [2.24, 2.45) is 11.5 Å². The minimum absolute atomic E-state index is 0. The van der Waals surface area contributed by atoms with Crippen LogP contribution in [0.1, 0.15) is 11.1 Å². The number of nitrogens with two attached hydrogens (primary N) is 2. The van der Waals surface area contributed by atoms with E-state index in [4.69, 9.17) is 32.5 Å². The van der Waals surface area contributed by atoms with Crippen molar-refractivity contribution in [2.75, 3.05) is 26.8 Å². The molecule has 0 saturated heterocycles. The van der Waals surface area contributed by atoms with Gasteiger partial charge in [0, 0.05) is 26.2 Å². The summed E-state index contributed by atoms with van der Waals surface area (Å²) in [6.07, 6.45) is 0. The van der Waals surface area contributed by atoms with E-state index in [0.29, 0.717) is 29.6 Å². The average molecular weight is 414 g/mol. The summed E-state index contributed by atoms with van der Waals surface area (Å²) in [6, 6.07) is 13.8. The number of nitrogens with zero attached hydrogens (tertiary/aromatic N) is 1. The van der Waals surface area contributed by atoms with Crippen LogP contribution >= 0.6 is 24.0 Å². The van der Waals surface area contributed by atoms with Crippen molar-refractivity contribution in [1.82, 2.24) is 4.90 Å². The largest absolute Gasteiger partial charge is 0.493 e. The van der Waals surface area contributed by atoms with Gasteiger partial charge in [0.05, 0.1) is 12.1 Å². The van der Waals surface area contributed by atoms with Gasteiger partial charge in [-0.25, -0.2) is 0 Å². The van der Waals surface area contributed by atoms with Crippen LogP contribution in [0.4, 0.5) is 0 Å². The van der Waals surface area contributed by atoms with Gasteiger partial charge < -0.3 is 20.9 Å². The molecule has 0 bridgehead atoms. The summed E-state index contributed by atoms with van der Waals surface area (Å²) in [5, 5.41) is 0.369. The Morgan fingerprint density at radius 1 is 1.15 bits per heavy atom. The van der Waals surface area contributed by atoms with E-state index in [9.17, 15) is 4.79 Å². The molecule has 2 aromatic rings. The molecule has 0 spiro atoms. The number of amides is 1. The molecule has 0 aliphatic rings. The molecule has 2 rings (SSSR count). The number of rotatable bonds is 10. The van der Waals surface area contributed by atoms with Gasteiger partial charge in [-0.3, -0.25) is 9.69 Å². The summed E-state index contributed by atoms with van der Waals surface area (Å²) >= 11 is 6.32. The SMILES string of the molecule is COc1cc(CN(CCN)Cc2ccccc2)cc(Cl)c1OCC(N)=O.Cl. The van der Waals surface area contributed by atoms with E-state index in [1.54, 1.807) is 6.07 Å². The van der Waals surface area contributed by atoms with Crippen LogP contribution in [0, 0.1) is 0 Å². The highest BCUT2D eigenvalue weighted by Crippen LogP contribution is 2.36. The lowest BCUT2D eigenvalue weighted by atomic mass is 10.1. The quantitative estimate of drug-likeness (QED) is 0.624. The minimum Gasteiger partial charge on any atom is -0.493 e. The smallest absolute Gasteiger partial charge is 0.255 e. The van der Waals surface area contributed by atoms with Crippen molar-refractivity contribution >= 4 is 29.9 Å². The Bertz CT molecular complexity index is 730. The molecular formula is C19H25Cl2N3O3. The first-order chi connectivity index (χ1) is 12.5. The predicted octanol–water partition coefficient (Wildman–Crippen LogP) is 2.60. The number of ether oxygens (including phenoxy) is 2. The third kappa shape index (κ3) is 7.27. The average Bonchev–Trinajstić information content (AvgIpc) is 2.61. The highest BCUT2D eigenvalue weighted by molar-refractivity contribution is 6.32. The fourth-order valence-corrected chi connectivity index (χ4v) is 2.93. The number of hydrogen-bond donors (Lipinski definition) is 2. The molecule has 0 aromatic heterocycles. The summed E-state index contributed by atoms with van der Waals surface area (Å²) < 4.78 is 10.7. The molecule has 27 heavy (non-hydrogen) atoms. The van der Waals surface area contributed by atoms with Crippen LogP contribution in [-0.2, 0) is 17.9 Å². The number of benzene rings is 2. The van der Waals surface area contributed by atoms with Gasteiger partial charge in [0.15, 0.2) is 18.1 Å². The number of carbonyl (C=O) groups excluding carboxylic acids is 1. The molecular weight excluding hydrogens is 389 g/mol. The Morgan fingerprint density at radius 3 is 2.41 bits per heavy atom. The number of carbonyl (C=O) groups is 1. The molecule has 0 aliphatic carbocycles. The molecule has 0 saturated carbocycles. The maximum absolute atomic E-state index is 10.9. The molecule has 0 atom stereocenters. The lowest BCUT2D eigenvalue weighted by molar-refractivity contribution is -0.119. The van der Waals surface area contributed by atoms with E-state index in [-0.39, 0.29) is 19.0 Å². The Hall–Kier alpha value is -1.99. The van der Waals surface area contributed by atoms with Gasteiger partial charge in [-0.05, 0) is 23.3 Å². The molecule has 0 unspecified atom stereocenters. The highest BCUT2D eigenvalue weighted by atomic mass is 35.5. The predicted molar refractivity (Wildman–Crippen MR) is 110 cm³/mol. The number of hydrogen-bond acceptors (Lipinski definition) is 5. The van der Waals surface area contributed by atoms with E-state index >= 15 is 0 Å². The van der Waals surface area contributed by atoms with Gasteiger partial charge in [0.25, 0.3) is 5.91 Å². The summed E-state index contributed by atoms with van der Waals surface area (Å²) in [7, 11) is 1.52. The third-order valence-corrected chi connectivity index (χ3v) is 4.03. The van der Waals surface area contributed by atoms with Crippen molar-refractivity contribution < 1.29 is 14.3 Å². The first-order valence-corrected chi connectivity index (χ1v) is 8.65. The Balaban J connectivity index is 0.00000364. The molecule has 4 N–H and O–H groups in total. The van der Waals surface area contributed by atoms with Crippen LogP contribution < -0.4 is 20.9 Å². The van der Waals surface area contributed by atoms with Crippen LogP contribution in [0.25, 0.3) is 0 Å². The lowest BCUT2D eigenvalue weighted by Crippen LogP contribution is -2.28. The Kier molecular flexibility index (Phi) is 9.96. The third-order valence-electron chi connectivity index (χ3n) is 3.75. The van der Waals surface area contributed by atoms with Crippen LogP contribution in [0.2, 0.25) is 5.02 Å². The zero-order valence-corrected chi connectivity index (χ0v) is 16.8. The second-order valence-electron chi connectivity index (χ2n) is 5.85. The van der Waals surface area contributed by atoms with Gasteiger partial charge in [0.1, 0.15) is 0 Å². The number of primary amides is 1. The zero-order chi connectivity index (χ0) is 18.9. The molecule has 8 heteroatoms. The Labute approximate surface area is 170 Å². The highest BCUT2D eigenvalue weighted by Gasteiger charge is 2.15. The number of methoxy groups -OCH3 is 1. The van der Waals surface area contributed by atoms with Gasteiger partial charge in [-0.2, -0.15) is 0 Å². The standard InChI is InChI=1S/C19H24ClN3O3.ClH/c1-25-17-10-15(9-16(20)19(17)26-13-18(22)24)12-23(8-7-21)11-14-5-3-2-4-6-14;/h2-6,9-10H,7-8,11-13,21H2,1H3,(H2,22,24);1H. The molecule has 2 aromatic carbocycles. The van der Waals surface area contributed by atoms with Crippen molar-refractivity contribution in [2.45, 2.75) is 13.1 Å². The summed E-state index contributed by atoms with van der Waals surface area (Å²) in [5.74, 6) is 0.190. The minimum atomic E-state index is -0.579. The second-order valence-corrected chi connectivity index (χ2v) is 6.26. The van der Waals surface area contributed by atoms with Gasteiger partial charge in [-0.15, -0.1) is 12.4 Å². The summed E-state index contributed by atoms with van der Waals surface area (Å²) in [4.78, 5) is 13.2. The molecule has 0 fully saturated rings. The molecule has 0 radical (unpaired) electrons. The van der Waals surface area contributed by atoms with Crippen molar-refractivity contribution in [1.29, 1.82) is 0 Å². The van der Waals surface area contributed by atoms with Gasteiger partial charge in [-0.1, -0.05) is 41.9 Å². The zero-order valence-electron chi connectivity index (χ0n) is 15.2. The van der Waals surface area contributed by atoms with E-state index in [0.717, 1.165) is 18.7 Å². The van der Waals surface area contributed by atoms with E-state index in [1.165, 1.54) is 12.7 Å². The van der Waals surface area contributed by atoms with Crippen molar-refractivity contribution in [3.05, 3.63) is 58.6 Å². The summed E-state index contributed by atoms with van der Waals surface area (Å²) in [6.45, 7) is 2.46. The molecule has 148 valence electrons. The molecule has 0 aliphatic heterocycles. The second kappa shape index (κ2) is 11.7. The maximum atomic E-state index is 10.9. The molecule has 6 nitrogen and oxygen atoms in total. The van der Waals surface area contributed by atoms with Crippen molar-refractivity contribution in [3.8, 4) is 11.5 Å². The summed E-state index contributed by atoms with van der Waals surface area (Å²) in [5.41, 5.74) is 13.0. The normalized spacial score (nSPS) is 10.4. The Morgan fingerprint density at radius 2 is 1.81 bits per heavy atom. The van der Waals surface area contributed by atoms with E-state index < -0.39 is 5.91 Å². The van der Waals surface area contributed by atoms with Gasteiger partial charge >= 0.3 is 0 Å². The molecule has 1 amide bonds. The van der Waals surface area contributed by atoms with Crippen LogP contribution in [0.5, 0.6) is 11.5 Å². The lowest BCUT2D eigenvalue weighted by Gasteiger charge is -2.23. The van der Waals surface area contributed by atoms with Crippen molar-refractivity contribution in [3.63, 3.8) is 0 Å². The first-order valence-electron chi connectivity index (χ1n) is 8.27. The van der Waals surface area contributed by atoms with Crippen LogP contribution in [0.3, 0.4) is 0 Å². The number of halogens is 2. The topological polar surface area (TPSA) is 90.8 Å². The maximum Gasteiger partial charge on any atom is 0.255 e.